The molecule has 2 atom stereocenters. The first kappa shape index (κ1) is 26.3. The van der Waals surface area contributed by atoms with E-state index in [0.29, 0.717) is 28.6 Å². The van der Waals surface area contributed by atoms with Gasteiger partial charge < -0.3 is 10.2 Å². The minimum Gasteiger partial charge on any atom is -0.393 e. The van der Waals surface area contributed by atoms with Crippen molar-refractivity contribution in [3.63, 3.8) is 0 Å². The van der Waals surface area contributed by atoms with Gasteiger partial charge in [0.2, 0.25) is 15.7 Å². The number of sulfone groups is 1. The molecule has 3 rings (SSSR count). The number of halogens is 5. The van der Waals surface area contributed by atoms with Crippen LogP contribution in [0.1, 0.15) is 5.56 Å². The Hall–Kier alpha value is -2.28. The van der Waals surface area contributed by atoms with Crippen LogP contribution in [0.4, 0.5) is 23.2 Å². The third-order valence-electron chi connectivity index (χ3n) is 5.31. The first-order valence-corrected chi connectivity index (χ1v) is 12.6. The molecule has 34 heavy (non-hydrogen) atoms. The highest BCUT2D eigenvalue weighted by molar-refractivity contribution is 7.92. The fourth-order valence-electron chi connectivity index (χ4n) is 3.49. The minimum atomic E-state index is -4.80. The first-order valence-electron chi connectivity index (χ1n) is 9.19. The third kappa shape index (κ3) is 4.51. The predicted molar refractivity (Wildman–Crippen MR) is 111 cm³/mol. The lowest BCUT2D eigenvalue weighted by Crippen LogP contribution is -2.49. The molecule has 0 saturated carbocycles. The number of β-amino-alcohol motifs (C(OH)–C–C–N with tert-alkyl or cyclic N) is 1. The van der Waals surface area contributed by atoms with Crippen molar-refractivity contribution < 1.29 is 44.6 Å². The number of rotatable bonds is 5. The van der Waals surface area contributed by atoms with E-state index in [2.05, 4.69) is 4.85 Å². The first-order chi connectivity index (χ1) is 15.6. The Morgan fingerprint density at radius 1 is 1.18 bits per heavy atom. The minimum absolute atomic E-state index is 0.388. The Balaban J connectivity index is 2.03. The summed E-state index contributed by atoms with van der Waals surface area (Å²) in [5.41, 5.74) is -4.21. The van der Waals surface area contributed by atoms with Crippen LogP contribution in [0.15, 0.2) is 46.2 Å². The van der Waals surface area contributed by atoms with E-state index in [1.807, 2.05) is 0 Å². The lowest BCUT2D eigenvalue weighted by Gasteiger charge is -2.26. The molecule has 0 amide bonds. The molecule has 1 aliphatic heterocycles. The van der Waals surface area contributed by atoms with Crippen molar-refractivity contribution in [2.24, 2.45) is 0 Å². The molecule has 0 bridgehead atoms. The average Bonchev–Trinajstić information content (AvgIpc) is 3.12. The highest BCUT2D eigenvalue weighted by atomic mass is 35.5. The van der Waals surface area contributed by atoms with Crippen LogP contribution < -0.4 is 0 Å². The van der Waals surface area contributed by atoms with Gasteiger partial charge in [0.05, 0.1) is 28.7 Å². The Morgan fingerprint density at radius 2 is 1.82 bits per heavy atom. The van der Waals surface area contributed by atoms with Gasteiger partial charge in [-0.25, -0.2) is 26.1 Å². The normalized spacial score (nSPS) is 22.0. The van der Waals surface area contributed by atoms with Crippen LogP contribution in [0.5, 0.6) is 0 Å². The van der Waals surface area contributed by atoms with Crippen LogP contribution in [0.25, 0.3) is 4.85 Å². The van der Waals surface area contributed by atoms with Crippen LogP contribution in [0.2, 0.25) is 5.02 Å². The standard InChI is InChI=1S/C19H15ClF4N2O6S2/c1-25-15-4-3-12(7-14(15)21)33(29,30)17-8-26(9-18(17,28)10-27)34(31,32)16-5-2-11(6-13(16)20)19(22,23)24/h2-7,17,27-28H,8-10H2/t17-,18-/m0/s1. The van der Waals surface area contributed by atoms with Crippen LogP contribution in [-0.4, -0.2) is 61.9 Å². The monoisotopic (exact) mass is 542 g/mol. The largest absolute Gasteiger partial charge is 0.416 e. The van der Waals surface area contributed by atoms with E-state index in [4.69, 9.17) is 18.2 Å². The second-order valence-corrected chi connectivity index (χ2v) is 11.9. The van der Waals surface area contributed by atoms with E-state index in [1.54, 1.807) is 0 Å². The molecule has 0 spiro atoms. The molecule has 15 heteroatoms. The van der Waals surface area contributed by atoms with Gasteiger partial charge in [0.25, 0.3) is 0 Å². The summed E-state index contributed by atoms with van der Waals surface area (Å²) >= 11 is 5.77. The zero-order valence-electron chi connectivity index (χ0n) is 16.8. The number of aliphatic hydroxyl groups is 2. The molecule has 0 radical (unpaired) electrons. The number of nitrogens with zero attached hydrogens (tertiary/aromatic N) is 2. The molecule has 2 aromatic rings. The van der Waals surface area contributed by atoms with Crippen molar-refractivity contribution in [3.05, 3.63) is 64.2 Å². The maximum atomic E-state index is 14.0. The van der Waals surface area contributed by atoms with Gasteiger partial charge in [-0.3, -0.25) is 0 Å². The van der Waals surface area contributed by atoms with Crippen molar-refractivity contribution in [2.75, 3.05) is 19.7 Å². The summed E-state index contributed by atoms with van der Waals surface area (Å²) < 4.78 is 105. The van der Waals surface area contributed by atoms with Gasteiger partial charge in [-0.2, -0.15) is 17.5 Å². The van der Waals surface area contributed by atoms with Crippen LogP contribution in [0.3, 0.4) is 0 Å². The Bertz CT molecular complexity index is 1390. The number of benzene rings is 2. The molecular weight excluding hydrogens is 528 g/mol. The van der Waals surface area contributed by atoms with Crippen LogP contribution in [0, 0.1) is 12.4 Å². The molecule has 1 fully saturated rings. The SMILES string of the molecule is [C-]#[N+]c1ccc(S(=O)(=O)[C@H]2CN(S(=O)(=O)c3ccc(C(F)(F)F)cc3Cl)C[C@]2(O)CO)cc1F. The quantitative estimate of drug-likeness (QED) is 0.443. The molecule has 2 N–H and O–H groups in total. The molecule has 0 aromatic heterocycles. The average molecular weight is 543 g/mol. The molecule has 0 unspecified atom stereocenters. The van der Waals surface area contributed by atoms with E-state index in [0.717, 1.165) is 12.1 Å². The van der Waals surface area contributed by atoms with Crippen molar-refractivity contribution >= 4 is 37.1 Å². The van der Waals surface area contributed by atoms with Crippen LogP contribution >= 0.6 is 11.6 Å². The van der Waals surface area contributed by atoms with Crippen molar-refractivity contribution in [1.82, 2.24) is 4.31 Å². The van der Waals surface area contributed by atoms with Crippen molar-refractivity contribution in [2.45, 2.75) is 26.8 Å². The zero-order chi connectivity index (χ0) is 25.7. The van der Waals surface area contributed by atoms with Gasteiger partial charge in [0, 0.05) is 13.1 Å². The molecular formula is C19H15ClF4N2O6S2. The lowest BCUT2D eigenvalue weighted by molar-refractivity contribution is -0.137. The summed E-state index contributed by atoms with van der Waals surface area (Å²) in [5.74, 6) is -1.16. The number of aliphatic hydroxyl groups excluding tert-OH is 1. The molecule has 1 heterocycles. The second-order valence-electron chi connectivity index (χ2n) is 7.46. The Kier molecular flexibility index (Phi) is 6.77. The summed E-state index contributed by atoms with van der Waals surface area (Å²) in [6.07, 6.45) is -4.80. The molecule has 1 saturated heterocycles. The topological polar surface area (TPSA) is 116 Å². The maximum Gasteiger partial charge on any atom is 0.416 e. The fraction of sp³-hybridized carbons (Fsp3) is 0.316. The van der Waals surface area contributed by atoms with Gasteiger partial charge in [0.1, 0.15) is 21.6 Å². The van der Waals surface area contributed by atoms with Gasteiger partial charge in [-0.05, 0) is 24.3 Å². The molecule has 0 aliphatic carbocycles. The van der Waals surface area contributed by atoms with E-state index in [-0.39, 0.29) is 0 Å². The zero-order valence-corrected chi connectivity index (χ0v) is 19.2. The highest BCUT2D eigenvalue weighted by Crippen LogP contribution is 2.38. The highest BCUT2D eigenvalue weighted by Gasteiger charge is 2.55. The smallest absolute Gasteiger partial charge is 0.393 e. The number of sulfonamides is 1. The van der Waals surface area contributed by atoms with Gasteiger partial charge in [0.15, 0.2) is 9.84 Å². The summed E-state index contributed by atoms with van der Waals surface area (Å²) in [6.45, 7) is 3.78. The van der Waals surface area contributed by atoms with Crippen LogP contribution in [-0.2, 0) is 26.0 Å². The third-order valence-corrected chi connectivity index (χ3v) is 9.86. The maximum absolute atomic E-state index is 14.0. The van der Waals surface area contributed by atoms with Crippen molar-refractivity contribution in [3.8, 4) is 0 Å². The van der Waals surface area contributed by atoms with E-state index in [9.17, 15) is 44.6 Å². The molecule has 184 valence electrons. The summed E-state index contributed by atoms with van der Waals surface area (Å²) in [4.78, 5) is 1.43. The molecule has 8 nitrogen and oxygen atoms in total. The number of hydrogen-bond donors (Lipinski definition) is 2. The second kappa shape index (κ2) is 8.74. The van der Waals surface area contributed by atoms with Gasteiger partial charge in [-0.1, -0.05) is 23.7 Å². The Labute approximate surface area is 196 Å². The molecule has 2 aromatic carbocycles. The van der Waals surface area contributed by atoms with E-state index >= 15 is 0 Å². The van der Waals surface area contributed by atoms with Crippen molar-refractivity contribution in [1.29, 1.82) is 0 Å². The van der Waals surface area contributed by atoms with E-state index in [1.165, 1.54) is 0 Å². The van der Waals surface area contributed by atoms with Gasteiger partial charge >= 0.3 is 6.18 Å². The Morgan fingerprint density at radius 3 is 2.32 bits per heavy atom. The molecule has 1 aliphatic rings. The number of hydrogen-bond acceptors (Lipinski definition) is 6. The van der Waals surface area contributed by atoms with Gasteiger partial charge in [-0.15, -0.1) is 0 Å². The fourth-order valence-corrected chi connectivity index (χ4v) is 7.58. The summed E-state index contributed by atoms with van der Waals surface area (Å²) in [5, 5.41) is 17.7. The lowest BCUT2D eigenvalue weighted by atomic mass is 10.1. The summed E-state index contributed by atoms with van der Waals surface area (Å²) in [6, 6.07) is 3.77. The number of alkyl halides is 3. The summed E-state index contributed by atoms with van der Waals surface area (Å²) in [7, 11) is -9.38. The van der Waals surface area contributed by atoms with E-state index < -0.39 is 88.5 Å². The predicted octanol–water partition coefficient (Wildman–Crippen LogP) is 2.62.